The van der Waals surface area contributed by atoms with Gasteiger partial charge in [-0.25, -0.2) is 4.79 Å². The van der Waals surface area contributed by atoms with E-state index in [-0.39, 0.29) is 24.8 Å². The van der Waals surface area contributed by atoms with Crippen LogP contribution in [0.1, 0.15) is 40.0 Å². The molecule has 0 bridgehead atoms. The molecular weight excluding hydrogens is 491 g/mol. The fraction of sp³-hybridized carbons (Fsp3) is 0.440. The number of aromatic carboxylic acids is 1. The van der Waals surface area contributed by atoms with E-state index in [2.05, 4.69) is 51.6 Å². The van der Waals surface area contributed by atoms with E-state index >= 15 is 0 Å². The Morgan fingerprint density at radius 3 is 2.54 bits per heavy atom. The van der Waals surface area contributed by atoms with Crippen LogP contribution < -0.4 is 5.56 Å². The first-order valence-electron chi connectivity index (χ1n) is 11.6. The zero-order valence-electron chi connectivity index (χ0n) is 20.0. The Balaban J connectivity index is 0.00000171. The average Bonchev–Trinajstić information content (AvgIpc) is 2.90. The maximum atomic E-state index is 12.5. The summed E-state index contributed by atoms with van der Waals surface area (Å²) in [4.78, 5) is 31.6. The first kappa shape index (κ1) is 27.1. The van der Waals surface area contributed by atoms with E-state index in [9.17, 15) is 19.8 Å². The number of carboxylic acids is 1. The van der Waals surface area contributed by atoms with Crippen molar-refractivity contribution in [2.75, 3.05) is 33.2 Å². The second-order valence-electron chi connectivity index (χ2n) is 9.39. The summed E-state index contributed by atoms with van der Waals surface area (Å²) in [5, 5.41) is 21.1. The summed E-state index contributed by atoms with van der Waals surface area (Å²) in [6, 6.07) is 6.46. The monoisotopic (exact) mass is 522 g/mol. The second kappa shape index (κ2) is 10.6. The van der Waals surface area contributed by atoms with Gasteiger partial charge in [-0.2, -0.15) is 0 Å². The second-order valence-corrected chi connectivity index (χ2v) is 9.39. The van der Waals surface area contributed by atoms with Crippen LogP contribution in [0.25, 0.3) is 22.2 Å². The highest BCUT2D eigenvalue weighted by Crippen LogP contribution is 2.38. The maximum absolute atomic E-state index is 12.5. The lowest BCUT2D eigenvalue weighted by Crippen LogP contribution is -2.29. The quantitative estimate of drug-likeness (QED) is 0.487. The van der Waals surface area contributed by atoms with Gasteiger partial charge in [0.15, 0.2) is 5.56 Å². The average molecular weight is 523 g/mol. The van der Waals surface area contributed by atoms with E-state index in [0.717, 1.165) is 67.6 Å². The van der Waals surface area contributed by atoms with Gasteiger partial charge in [-0.1, -0.05) is 0 Å². The van der Waals surface area contributed by atoms with Crippen molar-refractivity contribution >= 4 is 41.7 Å². The summed E-state index contributed by atoms with van der Waals surface area (Å²) in [7, 11) is 4.28. The minimum Gasteiger partial charge on any atom is -0.506 e. The fourth-order valence-corrected chi connectivity index (χ4v) is 5.32. The number of fused-ring (bicyclic) bond motifs is 4. The van der Waals surface area contributed by atoms with Gasteiger partial charge in [0.2, 0.25) is 0 Å². The number of aromatic nitrogens is 2. The van der Waals surface area contributed by atoms with Crippen LogP contribution in [-0.4, -0.2) is 68.8 Å². The molecule has 3 aromatic rings. The van der Waals surface area contributed by atoms with Crippen molar-refractivity contribution in [1.29, 1.82) is 0 Å². The van der Waals surface area contributed by atoms with Crippen LogP contribution in [0, 0.1) is 0 Å². The molecule has 3 heterocycles. The Labute approximate surface area is 216 Å². The largest absolute Gasteiger partial charge is 0.506 e. The molecule has 1 saturated heterocycles. The molecular formula is C25H32Cl2N4O4. The van der Waals surface area contributed by atoms with Gasteiger partial charge in [0.1, 0.15) is 5.75 Å². The number of nitrogens with zero attached hydrogens (tertiary/aromatic N) is 3. The van der Waals surface area contributed by atoms with Crippen LogP contribution in [0.4, 0.5) is 0 Å². The molecule has 0 amide bonds. The van der Waals surface area contributed by atoms with E-state index in [0.29, 0.717) is 17.7 Å². The molecule has 0 spiro atoms. The van der Waals surface area contributed by atoms with Crippen LogP contribution >= 0.6 is 24.8 Å². The smallest absolute Gasteiger partial charge is 0.345 e. The summed E-state index contributed by atoms with van der Waals surface area (Å²) < 4.78 is 2.25. The molecule has 190 valence electrons. The molecule has 0 radical (unpaired) electrons. The predicted octanol–water partition coefficient (Wildman–Crippen LogP) is 3.41. The highest BCUT2D eigenvalue weighted by Gasteiger charge is 2.26. The third kappa shape index (κ3) is 4.93. The first-order chi connectivity index (χ1) is 15.8. The minimum absolute atomic E-state index is 0. The number of rotatable bonds is 3. The molecule has 35 heavy (non-hydrogen) atoms. The summed E-state index contributed by atoms with van der Waals surface area (Å²) in [6.07, 6.45) is 3.24. The first-order valence-corrected chi connectivity index (χ1v) is 11.6. The third-order valence-electron chi connectivity index (χ3n) is 7.21. The van der Waals surface area contributed by atoms with Crippen LogP contribution in [-0.2, 0) is 26.4 Å². The number of carbonyl (C=O) groups is 1. The topological polar surface area (TPSA) is 102 Å². The van der Waals surface area contributed by atoms with Gasteiger partial charge in [-0.15, -0.1) is 24.8 Å². The number of aromatic hydroxyl groups is 1. The van der Waals surface area contributed by atoms with E-state index in [1.165, 1.54) is 12.1 Å². The summed E-state index contributed by atoms with van der Waals surface area (Å²) in [5.74, 6) is -1.82. The fourth-order valence-electron chi connectivity index (χ4n) is 5.32. The lowest BCUT2D eigenvalue weighted by atomic mass is 9.98. The van der Waals surface area contributed by atoms with Crippen LogP contribution in [0.15, 0.2) is 23.0 Å². The number of carboxylic acid groups (broad SMARTS) is 1. The predicted molar refractivity (Wildman–Crippen MR) is 142 cm³/mol. The van der Waals surface area contributed by atoms with Gasteiger partial charge in [0, 0.05) is 54.4 Å². The number of aromatic amines is 1. The summed E-state index contributed by atoms with van der Waals surface area (Å²) >= 11 is 0. The molecule has 2 aliphatic rings. The molecule has 2 aromatic heterocycles. The number of H-pyrrole nitrogens is 1. The zero-order valence-corrected chi connectivity index (χ0v) is 21.6. The Kier molecular flexibility index (Phi) is 8.21. The van der Waals surface area contributed by atoms with Gasteiger partial charge >= 0.3 is 5.97 Å². The number of halogens is 2. The minimum atomic E-state index is -1.41. The van der Waals surface area contributed by atoms with Crippen LogP contribution in [0.5, 0.6) is 5.75 Å². The van der Waals surface area contributed by atoms with E-state index in [4.69, 9.17) is 0 Å². The summed E-state index contributed by atoms with van der Waals surface area (Å²) in [6.45, 7) is 5.23. The molecule has 1 aromatic carbocycles. The Morgan fingerprint density at radius 2 is 1.80 bits per heavy atom. The van der Waals surface area contributed by atoms with Crippen molar-refractivity contribution in [2.45, 2.75) is 32.2 Å². The third-order valence-corrected chi connectivity index (χ3v) is 7.21. The molecule has 0 saturated carbocycles. The number of likely N-dealkylation sites (N-methyl/N-ethyl adjacent to an activating group) is 1. The van der Waals surface area contributed by atoms with Gasteiger partial charge in [-0.05, 0) is 69.6 Å². The molecule has 1 aliphatic heterocycles. The summed E-state index contributed by atoms with van der Waals surface area (Å²) in [5.41, 5.74) is 4.06. The van der Waals surface area contributed by atoms with Crippen LogP contribution in [0.2, 0.25) is 0 Å². The molecule has 5 rings (SSSR count). The molecule has 0 unspecified atom stereocenters. The molecule has 1 aliphatic carbocycles. The number of benzene rings is 1. The SMILES string of the molecule is CN1CCCN(Cc2cc3cc4c(cc3n2C)CCCc2c-4[nH]c(=O)c(C(=O)O)c2O)CC1.Cl.Cl. The number of nitrogens with one attached hydrogen (secondary N) is 1. The molecule has 10 heteroatoms. The number of pyridine rings is 1. The van der Waals surface area contributed by atoms with E-state index < -0.39 is 22.8 Å². The van der Waals surface area contributed by atoms with E-state index in [1.54, 1.807) is 0 Å². The lowest BCUT2D eigenvalue weighted by molar-refractivity contribution is 0.0691. The van der Waals surface area contributed by atoms with Gasteiger partial charge in [-0.3, -0.25) is 9.69 Å². The highest BCUT2D eigenvalue weighted by molar-refractivity contribution is 5.93. The van der Waals surface area contributed by atoms with Crippen molar-refractivity contribution in [3.8, 4) is 17.0 Å². The normalized spacial score (nSPS) is 16.4. The maximum Gasteiger partial charge on any atom is 0.345 e. The number of hydrogen-bond acceptors (Lipinski definition) is 5. The number of hydrogen-bond donors (Lipinski definition) is 3. The van der Waals surface area contributed by atoms with Crippen LogP contribution in [0.3, 0.4) is 0 Å². The van der Waals surface area contributed by atoms with Gasteiger partial charge < -0.3 is 24.7 Å². The molecule has 0 atom stereocenters. The van der Waals surface area contributed by atoms with Crippen molar-refractivity contribution in [2.24, 2.45) is 7.05 Å². The van der Waals surface area contributed by atoms with Gasteiger partial charge in [0.05, 0.1) is 5.69 Å². The molecule has 8 nitrogen and oxygen atoms in total. The lowest BCUT2D eigenvalue weighted by Gasteiger charge is -2.20. The Hall–Kier alpha value is -2.52. The zero-order chi connectivity index (χ0) is 23.3. The van der Waals surface area contributed by atoms with Gasteiger partial charge in [0.25, 0.3) is 5.56 Å². The van der Waals surface area contributed by atoms with Crippen molar-refractivity contribution in [1.82, 2.24) is 19.4 Å². The molecule has 1 fully saturated rings. The Morgan fingerprint density at radius 1 is 1.03 bits per heavy atom. The molecule has 3 N–H and O–H groups in total. The highest BCUT2D eigenvalue weighted by atomic mass is 35.5. The number of aryl methyl sites for hydroxylation is 2. The Bertz CT molecular complexity index is 1320. The van der Waals surface area contributed by atoms with E-state index in [1.807, 2.05) is 0 Å². The van der Waals surface area contributed by atoms with Crippen molar-refractivity contribution < 1.29 is 15.0 Å². The standard InChI is InChI=1S/C25H30N4O4.2ClH/c1-27-7-4-8-29(10-9-27)14-17-11-16-12-19-15(13-20(16)28(17)2)5-3-6-18-22(19)26-24(31)21(23(18)30)25(32)33;;/h11-13H,3-10,14H2,1-2H3,(H,32,33)(H2,26,30,31);2*1H. The van der Waals surface area contributed by atoms with Crippen molar-refractivity contribution in [3.63, 3.8) is 0 Å². The van der Waals surface area contributed by atoms with Crippen molar-refractivity contribution in [3.05, 3.63) is 50.9 Å².